The molecule has 1 amide bonds. The molecular formula is C26H26ClN5O. The Morgan fingerprint density at radius 3 is 2.48 bits per heavy atom. The third kappa shape index (κ3) is 5.30. The van der Waals surface area contributed by atoms with E-state index in [4.69, 9.17) is 11.6 Å². The van der Waals surface area contributed by atoms with Crippen molar-refractivity contribution in [1.82, 2.24) is 25.6 Å². The van der Waals surface area contributed by atoms with Crippen LogP contribution < -0.4 is 10.6 Å². The topological polar surface area (TPSA) is 71.8 Å². The number of halogens is 1. The number of carbonyl (C=O) groups is 1. The molecule has 7 heteroatoms. The van der Waals surface area contributed by atoms with Gasteiger partial charge in [-0.25, -0.2) is 4.68 Å². The first-order chi connectivity index (χ1) is 15.9. The monoisotopic (exact) mass is 459 g/mol. The molecular weight excluding hydrogens is 434 g/mol. The predicted octanol–water partition coefficient (Wildman–Crippen LogP) is 5.03. The zero-order valence-electron chi connectivity index (χ0n) is 18.8. The molecule has 4 aromatic rings. The number of benzene rings is 3. The first-order valence-electron chi connectivity index (χ1n) is 10.8. The van der Waals surface area contributed by atoms with Gasteiger partial charge in [-0.2, -0.15) is 0 Å². The van der Waals surface area contributed by atoms with Gasteiger partial charge in [0, 0.05) is 16.6 Å². The Balaban J connectivity index is 1.62. The van der Waals surface area contributed by atoms with E-state index >= 15 is 0 Å². The van der Waals surface area contributed by atoms with E-state index in [1.54, 1.807) is 10.7 Å². The molecule has 0 spiro atoms. The number of nitrogens with one attached hydrogen (secondary N) is 2. The summed E-state index contributed by atoms with van der Waals surface area (Å²) in [6, 6.07) is 22.8. The van der Waals surface area contributed by atoms with Crippen molar-refractivity contribution in [3.8, 4) is 5.69 Å². The number of rotatable bonds is 7. The van der Waals surface area contributed by atoms with Crippen LogP contribution in [0, 0.1) is 6.92 Å². The summed E-state index contributed by atoms with van der Waals surface area (Å²) in [5.74, 6) is -0.189. The second-order valence-corrected chi connectivity index (χ2v) is 8.46. The molecule has 33 heavy (non-hydrogen) atoms. The molecule has 0 saturated carbocycles. The van der Waals surface area contributed by atoms with Gasteiger partial charge in [-0.15, -0.1) is 5.10 Å². The highest BCUT2D eigenvalue weighted by molar-refractivity contribution is 6.30. The zero-order valence-corrected chi connectivity index (χ0v) is 19.5. The fraction of sp³-hybridized carbons (Fsp3) is 0.192. The Kier molecular flexibility index (Phi) is 6.87. The van der Waals surface area contributed by atoms with Gasteiger partial charge in [-0.05, 0) is 62.4 Å². The summed E-state index contributed by atoms with van der Waals surface area (Å²) in [6.45, 7) is 4.05. The molecule has 0 fully saturated rings. The van der Waals surface area contributed by atoms with Gasteiger partial charge in [0.2, 0.25) is 0 Å². The smallest absolute Gasteiger partial charge is 0.252 e. The van der Waals surface area contributed by atoms with Crippen LogP contribution in [0.5, 0.6) is 0 Å². The maximum atomic E-state index is 13.3. The Hall–Kier alpha value is -3.48. The average molecular weight is 460 g/mol. The van der Waals surface area contributed by atoms with Crippen LogP contribution >= 0.6 is 11.6 Å². The van der Waals surface area contributed by atoms with E-state index < -0.39 is 0 Å². The molecule has 2 N–H and O–H groups in total. The molecule has 0 aliphatic rings. The molecule has 2 atom stereocenters. The number of nitrogens with zero attached hydrogens (tertiary/aromatic N) is 3. The van der Waals surface area contributed by atoms with Crippen molar-refractivity contribution in [2.75, 3.05) is 7.05 Å². The fourth-order valence-electron chi connectivity index (χ4n) is 3.56. The summed E-state index contributed by atoms with van der Waals surface area (Å²) in [5.41, 5.74) is 5.17. The van der Waals surface area contributed by atoms with E-state index in [0.717, 1.165) is 28.1 Å². The van der Waals surface area contributed by atoms with E-state index in [1.807, 2.05) is 93.8 Å². The van der Waals surface area contributed by atoms with Crippen molar-refractivity contribution >= 4 is 17.5 Å². The van der Waals surface area contributed by atoms with E-state index in [2.05, 4.69) is 20.9 Å². The number of hydrogen-bond donors (Lipinski definition) is 2. The highest BCUT2D eigenvalue weighted by atomic mass is 35.5. The van der Waals surface area contributed by atoms with Gasteiger partial charge in [-0.3, -0.25) is 4.79 Å². The van der Waals surface area contributed by atoms with Crippen LogP contribution in [0.15, 0.2) is 79.0 Å². The second kappa shape index (κ2) is 9.98. The lowest BCUT2D eigenvalue weighted by Crippen LogP contribution is -2.29. The highest BCUT2D eigenvalue weighted by Gasteiger charge is 2.19. The molecule has 0 aliphatic heterocycles. The van der Waals surface area contributed by atoms with E-state index in [0.29, 0.717) is 10.6 Å². The minimum Gasteiger partial charge on any atom is -0.341 e. The van der Waals surface area contributed by atoms with Crippen molar-refractivity contribution < 1.29 is 4.79 Å². The molecule has 0 aliphatic carbocycles. The van der Waals surface area contributed by atoms with Gasteiger partial charge in [0.05, 0.1) is 23.6 Å². The predicted molar refractivity (Wildman–Crippen MR) is 131 cm³/mol. The molecule has 0 saturated heterocycles. The van der Waals surface area contributed by atoms with E-state index in [9.17, 15) is 4.79 Å². The Labute approximate surface area is 198 Å². The minimum atomic E-state index is -0.338. The van der Waals surface area contributed by atoms with Crippen molar-refractivity contribution in [2.24, 2.45) is 0 Å². The molecule has 2 unspecified atom stereocenters. The lowest BCUT2D eigenvalue weighted by atomic mass is 9.97. The molecule has 168 valence electrons. The van der Waals surface area contributed by atoms with Crippen LogP contribution in [0.1, 0.15) is 51.7 Å². The van der Waals surface area contributed by atoms with Gasteiger partial charge in [0.15, 0.2) is 0 Å². The first kappa shape index (κ1) is 22.7. The maximum absolute atomic E-state index is 13.3. The largest absolute Gasteiger partial charge is 0.341 e. The van der Waals surface area contributed by atoms with Crippen molar-refractivity contribution in [2.45, 2.75) is 25.9 Å². The lowest BCUT2D eigenvalue weighted by Gasteiger charge is -2.20. The van der Waals surface area contributed by atoms with E-state index in [-0.39, 0.29) is 18.0 Å². The molecule has 0 bridgehead atoms. The molecule has 4 rings (SSSR count). The third-order valence-electron chi connectivity index (χ3n) is 5.63. The van der Waals surface area contributed by atoms with Crippen LogP contribution in [-0.4, -0.2) is 27.9 Å². The van der Waals surface area contributed by atoms with Gasteiger partial charge in [0.1, 0.15) is 0 Å². The molecule has 3 aromatic carbocycles. The third-order valence-corrected chi connectivity index (χ3v) is 5.86. The van der Waals surface area contributed by atoms with Crippen molar-refractivity contribution in [3.05, 3.63) is 112 Å². The Morgan fingerprint density at radius 2 is 1.76 bits per heavy atom. The van der Waals surface area contributed by atoms with Gasteiger partial charge in [-0.1, -0.05) is 64.8 Å². The quantitative estimate of drug-likeness (QED) is 0.406. The van der Waals surface area contributed by atoms with Gasteiger partial charge < -0.3 is 10.6 Å². The summed E-state index contributed by atoms with van der Waals surface area (Å²) < 4.78 is 1.67. The van der Waals surface area contributed by atoms with E-state index in [1.165, 1.54) is 0 Å². The van der Waals surface area contributed by atoms with Gasteiger partial charge in [0.25, 0.3) is 5.91 Å². The SMILES string of the molecule is CNC(C)c1cn(-c2cccc(C(=O)NC(c3ccc(C)cc3)c3cccc(Cl)c3)c2)nn1. The normalized spacial score (nSPS) is 12.8. The Bertz CT molecular complexity index is 1250. The van der Waals surface area contributed by atoms with Crippen LogP contribution in [-0.2, 0) is 0 Å². The number of aryl methyl sites for hydroxylation is 1. The number of hydrogen-bond acceptors (Lipinski definition) is 4. The van der Waals surface area contributed by atoms with Crippen LogP contribution in [0.4, 0.5) is 0 Å². The lowest BCUT2D eigenvalue weighted by molar-refractivity contribution is 0.0943. The van der Waals surface area contributed by atoms with Gasteiger partial charge >= 0.3 is 0 Å². The number of carbonyl (C=O) groups excluding carboxylic acids is 1. The second-order valence-electron chi connectivity index (χ2n) is 8.02. The summed E-state index contributed by atoms with van der Waals surface area (Å²) in [6.07, 6.45) is 1.86. The van der Waals surface area contributed by atoms with Crippen LogP contribution in [0.25, 0.3) is 5.69 Å². The maximum Gasteiger partial charge on any atom is 0.252 e. The minimum absolute atomic E-state index is 0.0817. The fourth-order valence-corrected chi connectivity index (χ4v) is 3.76. The summed E-state index contributed by atoms with van der Waals surface area (Å²) in [7, 11) is 1.87. The number of aromatic nitrogens is 3. The first-order valence-corrected chi connectivity index (χ1v) is 11.1. The summed E-state index contributed by atoms with van der Waals surface area (Å²) in [4.78, 5) is 13.3. The Morgan fingerprint density at radius 1 is 1.00 bits per heavy atom. The summed E-state index contributed by atoms with van der Waals surface area (Å²) >= 11 is 6.25. The molecule has 6 nitrogen and oxygen atoms in total. The van der Waals surface area contributed by atoms with Crippen molar-refractivity contribution in [1.29, 1.82) is 0 Å². The molecule has 0 radical (unpaired) electrons. The molecule has 1 aromatic heterocycles. The van der Waals surface area contributed by atoms with Crippen LogP contribution in [0.2, 0.25) is 5.02 Å². The average Bonchev–Trinajstić information content (AvgIpc) is 3.33. The highest BCUT2D eigenvalue weighted by Crippen LogP contribution is 2.25. The number of amides is 1. The van der Waals surface area contributed by atoms with Crippen LogP contribution in [0.3, 0.4) is 0 Å². The van der Waals surface area contributed by atoms with Crippen molar-refractivity contribution in [3.63, 3.8) is 0 Å². The summed E-state index contributed by atoms with van der Waals surface area (Å²) in [5, 5.41) is 15.4. The standard InChI is InChI=1S/C26H26ClN5O/c1-17-10-12-19(13-11-17)25(20-6-4-8-22(27)14-20)29-26(33)21-7-5-9-23(15-21)32-16-24(30-31-32)18(2)28-3/h4-16,18,25,28H,1-3H3,(H,29,33). The molecule has 1 heterocycles. The zero-order chi connectivity index (χ0) is 23.4.